The smallest absolute Gasteiger partial charge is 0.272 e. The highest BCUT2D eigenvalue weighted by atomic mass is 19.3. The molecule has 0 amide bonds. The normalized spacial score (nSPS) is 20.1. The maximum Gasteiger partial charge on any atom is 0.272 e. The average molecular weight is 497 g/mol. The number of pyridine rings is 1. The molecule has 2 aromatic heterocycles. The zero-order valence-corrected chi connectivity index (χ0v) is 19.9. The number of nitrogens with two attached hydrogens (primary N) is 1. The van der Waals surface area contributed by atoms with Crippen molar-refractivity contribution in [3.8, 4) is 11.1 Å². The molecule has 1 aliphatic heterocycles. The first-order valence-corrected chi connectivity index (χ1v) is 11.9. The minimum atomic E-state index is -2.57. The van der Waals surface area contributed by atoms with E-state index in [0.717, 1.165) is 27.9 Å². The lowest BCUT2D eigenvalue weighted by atomic mass is 9.78. The summed E-state index contributed by atoms with van der Waals surface area (Å²) in [7, 11) is 0. The van der Waals surface area contributed by atoms with Gasteiger partial charge in [-0.05, 0) is 55.0 Å². The lowest BCUT2D eigenvalue weighted by Crippen LogP contribution is -2.56. The molecule has 188 valence electrons. The van der Waals surface area contributed by atoms with Crippen molar-refractivity contribution in [3.05, 3.63) is 71.1 Å². The average Bonchev–Trinajstić information content (AvgIpc) is 2.82. The number of hydrogen-bond donors (Lipinski definition) is 1. The minimum absolute atomic E-state index is 0.0484. The van der Waals surface area contributed by atoms with Gasteiger partial charge in [-0.15, -0.1) is 0 Å². The molecule has 1 fully saturated rings. The molecule has 10 heteroatoms. The number of rotatable bonds is 7. The van der Waals surface area contributed by atoms with Crippen LogP contribution in [0.5, 0.6) is 0 Å². The maximum atomic E-state index is 14.2. The number of oxime groups is 1. The zero-order valence-electron chi connectivity index (χ0n) is 19.9. The summed E-state index contributed by atoms with van der Waals surface area (Å²) in [5, 5.41) is 4.42. The molecule has 0 bridgehead atoms. The van der Waals surface area contributed by atoms with E-state index >= 15 is 0 Å². The van der Waals surface area contributed by atoms with Gasteiger partial charge in [0.15, 0.2) is 0 Å². The van der Waals surface area contributed by atoms with Gasteiger partial charge in [0.05, 0.1) is 30.2 Å². The Labute approximate surface area is 207 Å². The highest BCUT2D eigenvalue weighted by Crippen LogP contribution is 2.38. The molecular formula is C26H27F3N6O. The van der Waals surface area contributed by atoms with Crippen LogP contribution in [0.25, 0.3) is 11.1 Å². The van der Waals surface area contributed by atoms with Gasteiger partial charge in [-0.3, -0.25) is 9.88 Å². The highest BCUT2D eigenvalue weighted by molar-refractivity contribution is 6.03. The summed E-state index contributed by atoms with van der Waals surface area (Å²) in [6.45, 7) is 2.28. The molecule has 7 nitrogen and oxygen atoms in total. The second kappa shape index (κ2) is 9.85. The number of nitrogen functional groups attached to an aromatic ring is 1. The zero-order chi connectivity index (χ0) is 25.3. The van der Waals surface area contributed by atoms with Crippen LogP contribution >= 0.6 is 0 Å². The Morgan fingerprint density at radius 3 is 2.78 bits per heavy atom. The van der Waals surface area contributed by atoms with Crippen LogP contribution in [0.2, 0.25) is 0 Å². The fraction of sp³-hybridized carbons (Fsp3) is 0.385. The number of alkyl halides is 2. The predicted octanol–water partition coefficient (Wildman–Crippen LogP) is 4.36. The predicted molar refractivity (Wildman–Crippen MR) is 130 cm³/mol. The second-order valence-corrected chi connectivity index (χ2v) is 9.36. The number of halogens is 3. The Morgan fingerprint density at radius 1 is 1.19 bits per heavy atom. The Balaban J connectivity index is 1.39. The molecule has 2 aliphatic rings. The van der Waals surface area contributed by atoms with Gasteiger partial charge in [-0.2, -0.15) is 0 Å². The molecule has 1 aromatic carbocycles. The van der Waals surface area contributed by atoms with Crippen molar-refractivity contribution in [3.63, 3.8) is 0 Å². The van der Waals surface area contributed by atoms with E-state index in [0.29, 0.717) is 43.8 Å². The Kier molecular flexibility index (Phi) is 6.61. The quantitative estimate of drug-likeness (QED) is 0.386. The van der Waals surface area contributed by atoms with Crippen molar-refractivity contribution < 1.29 is 18.0 Å². The van der Waals surface area contributed by atoms with E-state index in [4.69, 9.17) is 10.6 Å². The molecule has 0 saturated carbocycles. The van der Waals surface area contributed by atoms with Crippen LogP contribution in [-0.2, 0) is 11.3 Å². The molecule has 1 saturated heterocycles. The van der Waals surface area contributed by atoms with Crippen LogP contribution in [0.4, 0.5) is 19.1 Å². The van der Waals surface area contributed by atoms with E-state index in [-0.39, 0.29) is 30.8 Å². The van der Waals surface area contributed by atoms with E-state index in [9.17, 15) is 13.2 Å². The third-order valence-electron chi connectivity index (χ3n) is 6.57. The number of aryl methyl sites for hydroxylation is 1. The lowest BCUT2D eigenvalue weighted by molar-refractivity contribution is -0.131. The van der Waals surface area contributed by atoms with Crippen LogP contribution in [0, 0.1) is 12.7 Å². The van der Waals surface area contributed by atoms with Gasteiger partial charge in [-0.1, -0.05) is 17.3 Å². The van der Waals surface area contributed by atoms with Gasteiger partial charge < -0.3 is 10.6 Å². The lowest BCUT2D eigenvalue weighted by Gasteiger charge is -2.38. The number of aromatic nitrogens is 3. The number of anilines is 1. The standard InChI is InChI=1S/C26H27F3N6O/c1-16-24-22(33-25(30)32-16)10-18(11-23(24)34-36-9-3-8-35-14-26(28,29)15-35)20-6-5-19(27)12-21(20)17-4-2-7-31-13-17/h2,4-7,12-13,18H,3,8-11,14-15H2,1H3,(H2,30,32,33)/b34-23+. The molecule has 3 aromatic rings. The number of nitrogens with zero attached hydrogens (tertiary/aromatic N) is 5. The molecule has 36 heavy (non-hydrogen) atoms. The summed E-state index contributed by atoms with van der Waals surface area (Å²) in [5.41, 5.74) is 11.5. The monoisotopic (exact) mass is 496 g/mol. The molecule has 3 heterocycles. The highest BCUT2D eigenvalue weighted by Gasteiger charge is 2.43. The molecule has 5 rings (SSSR count). The molecule has 0 radical (unpaired) electrons. The van der Waals surface area contributed by atoms with Gasteiger partial charge >= 0.3 is 0 Å². The molecule has 0 spiro atoms. The number of hydrogen-bond acceptors (Lipinski definition) is 7. The van der Waals surface area contributed by atoms with Gasteiger partial charge in [-0.25, -0.2) is 23.1 Å². The molecule has 1 atom stereocenters. The number of likely N-dealkylation sites (tertiary alicyclic amines) is 1. The van der Waals surface area contributed by atoms with Gasteiger partial charge in [0, 0.05) is 36.5 Å². The van der Waals surface area contributed by atoms with Crippen LogP contribution in [-0.4, -0.2) is 57.7 Å². The second-order valence-electron chi connectivity index (χ2n) is 9.36. The summed E-state index contributed by atoms with van der Waals surface area (Å²) in [6.07, 6.45) is 5.11. The Hall–Kier alpha value is -3.53. The summed E-state index contributed by atoms with van der Waals surface area (Å²) in [5.74, 6) is -2.76. The Morgan fingerprint density at radius 2 is 2.03 bits per heavy atom. The summed E-state index contributed by atoms with van der Waals surface area (Å²) >= 11 is 0. The van der Waals surface area contributed by atoms with Crippen molar-refractivity contribution in [1.29, 1.82) is 0 Å². The summed E-state index contributed by atoms with van der Waals surface area (Å²) < 4.78 is 40.3. The molecule has 2 N–H and O–H groups in total. The Bertz CT molecular complexity index is 1280. The molecular weight excluding hydrogens is 469 g/mol. The summed E-state index contributed by atoms with van der Waals surface area (Å²) in [6, 6.07) is 8.50. The molecule has 1 aliphatic carbocycles. The van der Waals surface area contributed by atoms with E-state index in [1.165, 1.54) is 12.1 Å². The third kappa shape index (κ3) is 5.18. The van der Waals surface area contributed by atoms with Crippen LogP contribution in [0.1, 0.15) is 41.3 Å². The van der Waals surface area contributed by atoms with E-state index in [1.54, 1.807) is 23.4 Å². The van der Waals surface area contributed by atoms with Crippen molar-refractivity contribution in [2.75, 3.05) is 32.0 Å². The van der Waals surface area contributed by atoms with E-state index in [1.807, 2.05) is 19.1 Å². The maximum absolute atomic E-state index is 14.2. The van der Waals surface area contributed by atoms with Crippen LogP contribution in [0.15, 0.2) is 47.9 Å². The minimum Gasteiger partial charge on any atom is -0.396 e. The van der Waals surface area contributed by atoms with Gasteiger partial charge in [0.2, 0.25) is 5.95 Å². The van der Waals surface area contributed by atoms with E-state index in [2.05, 4.69) is 20.1 Å². The first-order chi connectivity index (χ1) is 17.3. The van der Waals surface area contributed by atoms with Crippen molar-refractivity contribution in [2.24, 2.45) is 5.16 Å². The fourth-order valence-electron chi connectivity index (χ4n) is 5.02. The van der Waals surface area contributed by atoms with Gasteiger partial charge in [0.1, 0.15) is 12.4 Å². The van der Waals surface area contributed by atoms with Crippen molar-refractivity contribution in [1.82, 2.24) is 19.9 Å². The first kappa shape index (κ1) is 24.2. The SMILES string of the molecule is Cc1nc(N)nc2c1/C(=N/OCCCN1CC(F)(F)C1)CC(c1ccc(F)cc1-c1cccnc1)C2. The largest absolute Gasteiger partial charge is 0.396 e. The van der Waals surface area contributed by atoms with Crippen molar-refractivity contribution in [2.45, 2.75) is 38.0 Å². The molecule has 1 unspecified atom stereocenters. The third-order valence-corrected chi connectivity index (χ3v) is 6.57. The van der Waals surface area contributed by atoms with E-state index < -0.39 is 5.92 Å². The number of fused-ring (bicyclic) bond motifs is 1. The van der Waals surface area contributed by atoms with Crippen molar-refractivity contribution >= 4 is 11.7 Å². The number of benzene rings is 1. The van der Waals surface area contributed by atoms with Crippen LogP contribution in [0.3, 0.4) is 0 Å². The van der Waals surface area contributed by atoms with Crippen LogP contribution < -0.4 is 5.73 Å². The summed E-state index contributed by atoms with van der Waals surface area (Å²) in [4.78, 5) is 20.3. The first-order valence-electron chi connectivity index (χ1n) is 11.9. The topological polar surface area (TPSA) is 89.5 Å². The van der Waals surface area contributed by atoms with Gasteiger partial charge in [0.25, 0.3) is 5.92 Å². The fourth-order valence-corrected chi connectivity index (χ4v) is 5.02.